The average Bonchev–Trinajstić information content (AvgIpc) is 2.91. The molecular weight excluding hydrogens is 252 g/mol. The molecule has 2 aromatic heterocycles. The van der Waals surface area contributed by atoms with Gasteiger partial charge in [-0.25, -0.2) is 13.4 Å². The highest BCUT2D eigenvalue weighted by atomic mass is 32.2. The summed E-state index contributed by atoms with van der Waals surface area (Å²) in [5, 5.41) is 2.78. The molecule has 2 aromatic rings. The van der Waals surface area contributed by atoms with Gasteiger partial charge in [0, 0.05) is 32.7 Å². The highest BCUT2D eigenvalue weighted by molar-refractivity contribution is 7.93. The summed E-state index contributed by atoms with van der Waals surface area (Å²) in [7, 11) is -0.475. The van der Waals surface area contributed by atoms with Crippen LogP contribution in [0, 0.1) is 0 Å². The number of hydrogen-bond donors (Lipinski definition) is 2. The van der Waals surface area contributed by atoms with Gasteiger partial charge < -0.3 is 10.3 Å². The van der Waals surface area contributed by atoms with Crippen LogP contribution in [0.5, 0.6) is 0 Å². The first-order valence-corrected chi connectivity index (χ1v) is 6.76. The van der Waals surface area contributed by atoms with E-state index in [2.05, 4.69) is 15.3 Å². The number of aromatic nitrogens is 2. The third-order valence-electron chi connectivity index (χ3n) is 2.59. The van der Waals surface area contributed by atoms with Gasteiger partial charge in [-0.1, -0.05) is 0 Å². The van der Waals surface area contributed by atoms with E-state index in [0.717, 1.165) is 0 Å². The van der Waals surface area contributed by atoms with Crippen LogP contribution in [0.25, 0.3) is 0 Å². The third kappa shape index (κ3) is 2.04. The van der Waals surface area contributed by atoms with Crippen LogP contribution in [0.4, 0.5) is 11.5 Å². The van der Waals surface area contributed by atoms with Gasteiger partial charge in [-0.2, -0.15) is 0 Å². The number of sulfonamides is 1. The SMILES string of the molecule is CNc1ncccc1S(=O)(=O)N(C)c1cc[nH]c1. The zero-order valence-electron chi connectivity index (χ0n) is 10.1. The van der Waals surface area contributed by atoms with E-state index in [9.17, 15) is 8.42 Å². The van der Waals surface area contributed by atoms with Crippen LogP contribution in [0.3, 0.4) is 0 Å². The second-order valence-corrected chi connectivity index (χ2v) is 5.58. The lowest BCUT2D eigenvalue weighted by molar-refractivity contribution is 0.594. The highest BCUT2D eigenvalue weighted by Crippen LogP contribution is 2.25. The summed E-state index contributed by atoms with van der Waals surface area (Å²) in [4.78, 5) is 6.98. The largest absolute Gasteiger partial charge is 0.372 e. The molecule has 0 atom stereocenters. The van der Waals surface area contributed by atoms with E-state index in [-0.39, 0.29) is 4.90 Å². The Bertz CT molecular complexity index is 622. The first-order valence-electron chi connectivity index (χ1n) is 5.32. The Morgan fingerprint density at radius 3 is 2.78 bits per heavy atom. The third-order valence-corrected chi connectivity index (χ3v) is 4.41. The maximum absolute atomic E-state index is 12.4. The fourth-order valence-corrected chi connectivity index (χ4v) is 2.92. The van der Waals surface area contributed by atoms with Gasteiger partial charge in [0.25, 0.3) is 10.0 Å². The maximum Gasteiger partial charge on any atom is 0.267 e. The summed E-state index contributed by atoms with van der Waals surface area (Å²) in [6.45, 7) is 0. The van der Waals surface area contributed by atoms with Crippen LogP contribution in [0.1, 0.15) is 0 Å². The van der Waals surface area contributed by atoms with Crippen molar-refractivity contribution in [3.63, 3.8) is 0 Å². The molecule has 0 aromatic carbocycles. The molecule has 7 heteroatoms. The fourth-order valence-electron chi connectivity index (χ4n) is 1.58. The number of nitrogens with zero attached hydrogens (tertiary/aromatic N) is 2. The number of aromatic amines is 1. The van der Waals surface area contributed by atoms with Crippen molar-refractivity contribution in [1.82, 2.24) is 9.97 Å². The number of hydrogen-bond acceptors (Lipinski definition) is 4. The minimum absolute atomic E-state index is 0.149. The van der Waals surface area contributed by atoms with Crippen molar-refractivity contribution in [2.75, 3.05) is 23.7 Å². The summed E-state index contributed by atoms with van der Waals surface area (Å²) >= 11 is 0. The summed E-state index contributed by atoms with van der Waals surface area (Å²) in [5.41, 5.74) is 0.570. The van der Waals surface area contributed by atoms with Crippen LogP contribution >= 0.6 is 0 Å². The van der Waals surface area contributed by atoms with Crippen molar-refractivity contribution in [2.24, 2.45) is 0 Å². The van der Waals surface area contributed by atoms with Crippen LogP contribution in [0.15, 0.2) is 41.7 Å². The fraction of sp³-hybridized carbons (Fsp3) is 0.182. The van der Waals surface area contributed by atoms with E-state index in [1.807, 2.05) is 0 Å². The molecule has 0 amide bonds. The molecule has 0 aliphatic carbocycles. The van der Waals surface area contributed by atoms with Crippen molar-refractivity contribution in [3.05, 3.63) is 36.8 Å². The molecule has 0 aliphatic rings. The standard InChI is InChI=1S/C11H14N4O2S/c1-12-11-10(4-3-6-14-11)18(16,17)15(2)9-5-7-13-8-9/h3-8,13H,1-2H3,(H,12,14). The second kappa shape index (κ2) is 4.69. The number of rotatable bonds is 4. The van der Waals surface area contributed by atoms with Crippen molar-refractivity contribution in [2.45, 2.75) is 4.90 Å². The van der Waals surface area contributed by atoms with Gasteiger partial charge in [-0.15, -0.1) is 0 Å². The molecule has 0 aliphatic heterocycles. The van der Waals surface area contributed by atoms with Crippen molar-refractivity contribution < 1.29 is 8.42 Å². The topological polar surface area (TPSA) is 78.1 Å². The Balaban J connectivity index is 2.49. The van der Waals surface area contributed by atoms with Gasteiger partial charge in [0.15, 0.2) is 0 Å². The molecule has 6 nitrogen and oxygen atoms in total. The van der Waals surface area contributed by atoms with E-state index in [1.165, 1.54) is 17.4 Å². The van der Waals surface area contributed by atoms with E-state index in [1.54, 1.807) is 37.8 Å². The first-order chi connectivity index (χ1) is 8.57. The normalized spacial score (nSPS) is 11.2. The Kier molecular flexibility index (Phi) is 3.24. The zero-order chi connectivity index (χ0) is 13.2. The van der Waals surface area contributed by atoms with E-state index < -0.39 is 10.0 Å². The molecule has 0 fully saturated rings. The molecule has 18 heavy (non-hydrogen) atoms. The number of nitrogens with one attached hydrogen (secondary N) is 2. The quantitative estimate of drug-likeness (QED) is 0.873. The van der Waals surface area contributed by atoms with Gasteiger partial charge in [0.05, 0.1) is 5.69 Å². The maximum atomic E-state index is 12.4. The molecule has 0 unspecified atom stereocenters. The summed E-state index contributed by atoms with van der Waals surface area (Å²) in [5.74, 6) is 0.333. The number of H-pyrrole nitrogens is 1. The van der Waals surface area contributed by atoms with E-state index in [4.69, 9.17) is 0 Å². The molecule has 0 saturated heterocycles. The zero-order valence-corrected chi connectivity index (χ0v) is 10.9. The predicted octanol–water partition coefficient (Wildman–Crippen LogP) is 1.28. The Morgan fingerprint density at radius 2 is 2.17 bits per heavy atom. The van der Waals surface area contributed by atoms with Gasteiger partial charge in [-0.05, 0) is 18.2 Å². The Hall–Kier alpha value is -2.02. The lowest BCUT2D eigenvalue weighted by Gasteiger charge is -2.19. The monoisotopic (exact) mass is 266 g/mol. The van der Waals surface area contributed by atoms with Gasteiger partial charge in [0.2, 0.25) is 0 Å². The van der Waals surface area contributed by atoms with Crippen molar-refractivity contribution in [1.29, 1.82) is 0 Å². The molecular formula is C11H14N4O2S. The van der Waals surface area contributed by atoms with Gasteiger partial charge >= 0.3 is 0 Å². The molecule has 2 rings (SSSR count). The Morgan fingerprint density at radius 1 is 1.39 bits per heavy atom. The smallest absolute Gasteiger partial charge is 0.267 e. The van der Waals surface area contributed by atoms with Crippen molar-refractivity contribution in [3.8, 4) is 0 Å². The van der Waals surface area contributed by atoms with Crippen LogP contribution in [0.2, 0.25) is 0 Å². The number of anilines is 2. The minimum atomic E-state index is -3.62. The van der Waals surface area contributed by atoms with E-state index >= 15 is 0 Å². The molecule has 0 bridgehead atoms. The predicted molar refractivity (Wildman–Crippen MR) is 70.2 cm³/mol. The van der Waals surface area contributed by atoms with Crippen LogP contribution in [-0.4, -0.2) is 32.5 Å². The van der Waals surface area contributed by atoms with Crippen molar-refractivity contribution >= 4 is 21.5 Å². The summed E-state index contributed by atoms with van der Waals surface area (Å²) < 4.78 is 26.1. The molecule has 0 radical (unpaired) electrons. The summed E-state index contributed by atoms with van der Waals surface area (Å²) in [6, 6.07) is 4.81. The van der Waals surface area contributed by atoms with Crippen LogP contribution in [-0.2, 0) is 10.0 Å². The number of pyridine rings is 1. The van der Waals surface area contributed by atoms with Crippen LogP contribution < -0.4 is 9.62 Å². The van der Waals surface area contributed by atoms with Gasteiger partial charge in [-0.3, -0.25) is 4.31 Å². The Labute approximate surface area is 106 Å². The first kappa shape index (κ1) is 12.4. The molecule has 0 spiro atoms. The van der Waals surface area contributed by atoms with Gasteiger partial charge in [0.1, 0.15) is 10.7 Å². The summed E-state index contributed by atoms with van der Waals surface area (Å²) in [6.07, 6.45) is 4.83. The molecule has 0 saturated carbocycles. The molecule has 2 N–H and O–H groups in total. The second-order valence-electron chi connectivity index (χ2n) is 3.64. The highest BCUT2D eigenvalue weighted by Gasteiger charge is 2.24. The molecule has 96 valence electrons. The average molecular weight is 266 g/mol. The van der Waals surface area contributed by atoms with E-state index in [0.29, 0.717) is 11.5 Å². The minimum Gasteiger partial charge on any atom is -0.372 e. The lowest BCUT2D eigenvalue weighted by Crippen LogP contribution is -2.27. The lowest BCUT2D eigenvalue weighted by atomic mass is 10.5. The molecule has 2 heterocycles.